The molecule has 9 nitrogen and oxygen atoms in total. The fraction of sp³-hybridized carbons (Fsp3) is 0.346. The molecule has 2 aliphatic rings. The molecular weight excluding hydrogens is 478 g/mol. The highest BCUT2D eigenvalue weighted by Crippen LogP contribution is 2.43. The largest absolute Gasteiger partial charge is 0.461 e. The number of nitriles is 1. The summed E-state index contributed by atoms with van der Waals surface area (Å²) in [7, 11) is 0. The molecule has 0 saturated carbocycles. The number of furan rings is 1. The maximum atomic E-state index is 13.0. The number of amides is 1. The first kappa shape index (κ1) is 23.9. The number of piperazine rings is 1. The van der Waals surface area contributed by atoms with Gasteiger partial charge in [0.1, 0.15) is 24.7 Å². The van der Waals surface area contributed by atoms with Crippen molar-refractivity contribution in [1.82, 2.24) is 4.90 Å². The van der Waals surface area contributed by atoms with Gasteiger partial charge in [-0.15, -0.1) is 0 Å². The topological polar surface area (TPSA) is 118 Å². The van der Waals surface area contributed by atoms with Gasteiger partial charge in [-0.25, -0.2) is 4.98 Å². The zero-order valence-electron chi connectivity index (χ0n) is 20.1. The second-order valence-electron chi connectivity index (χ2n) is 9.58. The molecule has 0 bridgehead atoms. The molecule has 36 heavy (non-hydrogen) atoms. The highest BCUT2D eigenvalue weighted by atomic mass is 32.2. The molecule has 2 aromatic heterocycles. The summed E-state index contributed by atoms with van der Waals surface area (Å²) in [4.78, 5) is 30.8. The minimum absolute atomic E-state index is 0.0214. The first-order valence-electron chi connectivity index (χ1n) is 11.7. The number of non-ortho nitro benzene ring substituents is 1. The Balaban J connectivity index is 1.42. The monoisotopic (exact) mass is 504 g/mol. The molecule has 1 N–H and O–H groups in total. The molecule has 5 rings (SSSR count). The number of nitro groups is 1. The van der Waals surface area contributed by atoms with Crippen molar-refractivity contribution in [2.75, 3.05) is 31.1 Å². The summed E-state index contributed by atoms with van der Waals surface area (Å²) >= 11 is 1.87. The first-order chi connectivity index (χ1) is 17.3. The molecule has 2 aliphatic heterocycles. The van der Waals surface area contributed by atoms with E-state index in [1.807, 2.05) is 23.9 Å². The number of hydrogen-bond donors (Lipinski definition) is 0. The van der Waals surface area contributed by atoms with E-state index in [2.05, 4.69) is 29.8 Å². The maximum absolute atomic E-state index is 13.0. The molecular formula is C26H26N5O4S+. The van der Waals surface area contributed by atoms with Crippen LogP contribution in [0.25, 0.3) is 11.5 Å². The van der Waals surface area contributed by atoms with Crippen LogP contribution in [0.5, 0.6) is 0 Å². The summed E-state index contributed by atoms with van der Waals surface area (Å²) in [6, 6.07) is 11.9. The molecule has 0 unspecified atom stereocenters. The van der Waals surface area contributed by atoms with Gasteiger partial charge in [-0.05, 0) is 36.2 Å². The Kier molecular flexibility index (Phi) is 6.18. The number of anilines is 1. The van der Waals surface area contributed by atoms with E-state index < -0.39 is 4.92 Å². The van der Waals surface area contributed by atoms with E-state index in [-0.39, 0.29) is 16.3 Å². The number of carbonyl (C=O) groups excluding carboxylic acids is 1. The number of nitro benzene ring substituents is 1. The lowest BCUT2D eigenvalue weighted by Crippen LogP contribution is -2.50. The van der Waals surface area contributed by atoms with Crippen LogP contribution in [0.1, 0.15) is 40.9 Å². The van der Waals surface area contributed by atoms with E-state index in [0.29, 0.717) is 37.3 Å². The molecule has 1 saturated heterocycles. The van der Waals surface area contributed by atoms with Gasteiger partial charge in [0.2, 0.25) is 0 Å². The van der Waals surface area contributed by atoms with Crippen molar-refractivity contribution in [2.24, 2.45) is 0 Å². The lowest BCUT2D eigenvalue weighted by atomic mass is 9.91. The molecule has 1 aromatic carbocycles. The second kappa shape index (κ2) is 9.32. The number of nitrogens with zero attached hydrogens (tertiary/aromatic N) is 4. The number of carbonyl (C=O) groups is 1. The van der Waals surface area contributed by atoms with Gasteiger partial charge in [0.05, 0.1) is 24.3 Å². The normalized spacial score (nSPS) is 16.8. The van der Waals surface area contributed by atoms with E-state index in [0.717, 1.165) is 40.6 Å². The molecule has 0 aliphatic carbocycles. The van der Waals surface area contributed by atoms with E-state index >= 15 is 0 Å². The quantitative estimate of drug-likeness (QED) is 0.388. The van der Waals surface area contributed by atoms with Crippen molar-refractivity contribution < 1.29 is 19.1 Å². The zero-order valence-corrected chi connectivity index (χ0v) is 20.9. The van der Waals surface area contributed by atoms with Crippen LogP contribution in [-0.2, 0) is 12.2 Å². The molecule has 0 atom stereocenters. The predicted octanol–water partition coefficient (Wildman–Crippen LogP) is 4.07. The predicted molar refractivity (Wildman–Crippen MR) is 136 cm³/mol. The third-order valence-corrected chi connectivity index (χ3v) is 8.10. The van der Waals surface area contributed by atoms with Crippen LogP contribution in [0.2, 0.25) is 0 Å². The average Bonchev–Trinajstić information content (AvgIpc) is 3.42. The molecule has 184 valence electrons. The van der Waals surface area contributed by atoms with Crippen LogP contribution >= 0.6 is 11.8 Å². The van der Waals surface area contributed by atoms with Crippen molar-refractivity contribution in [2.45, 2.75) is 30.8 Å². The molecule has 4 heterocycles. The smallest absolute Gasteiger partial charge is 0.293 e. The minimum atomic E-state index is -0.480. The Hall–Kier alpha value is -3.84. The first-order valence-corrected chi connectivity index (χ1v) is 12.7. The fourth-order valence-corrected chi connectivity index (χ4v) is 5.93. The van der Waals surface area contributed by atoms with E-state index in [1.54, 1.807) is 11.2 Å². The van der Waals surface area contributed by atoms with Crippen molar-refractivity contribution in [3.63, 3.8) is 0 Å². The van der Waals surface area contributed by atoms with Gasteiger partial charge < -0.3 is 9.32 Å². The standard InChI is InChI=1S/C26H25N5O4S/c1-26(2)14-19-20(15-27)24(28-23(21(19)16-36-26)22-4-3-13-35-22)29-9-11-30(12-10-29)25(32)17-5-7-18(8-6-17)31(33)34/h3-8,13H,9-12,14,16H2,1-2H3/p+1. The Morgan fingerprint density at radius 2 is 1.89 bits per heavy atom. The maximum Gasteiger partial charge on any atom is 0.293 e. The van der Waals surface area contributed by atoms with Crippen LogP contribution in [0.15, 0.2) is 47.1 Å². The number of pyridine rings is 1. The minimum Gasteiger partial charge on any atom is -0.461 e. The van der Waals surface area contributed by atoms with Gasteiger partial charge in [0.25, 0.3) is 17.4 Å². The summed E-state index contributed by atoms with van der Waals surface area (Å²) in [6.07, 6.45) is 2.43. The average molecular weight is 505 g/mol. The fourth-order valence-electron chi connectivity index (χ4n) is 4.83. The number of aromatic nitrogens is 1. The van der Waals surface area contributed by atoms with Gasteiger partial charge in [0.15, 0.2) is 11.5 Å². The van der Waals surface area contributed by atoms with Crippen LogP contribution in [-0.4, -0.2) is 46.7 Å². The Morgan fingerprint density at radius 3 is 2.50 bits per heavy atom. The molecule has 10 heteroatoms. The zero-order chi connectivity index (χ0) is 25.4. The Labute approximate surface area is 212 Å². The van der Waals surface area contributed by atoms with Crippen molar-refractivity contribution in [3.05, 3.63) is 75.0 Å². The van der Waals surface area contributed by atoms with Gasteiger partial charge >= 0.3 is 0 Å². The molecule has 0 radical (unpaired) electrons. The Morgan fingerprint density at radius 1 is 1.17 bits per heavy atom. The van der Waals surface area contributed by atoms with Crippen LogP contribution in [0, 0.1) is 21.4 Å². The molecule has 1 amide bonds. The molecule has 1 fully saturated rings. The third kappa shape index (κ3) is 4.42. The number of rotatable bonds is 4. The lowest BCUT2D eigenvalue weighted by Gasteiger charge is -2.34. The Bertz CT molecular complexity index is 1350. The van der Waals surface area contributed by atoms with Crippen LogP contribution in [0.4, 0.5) is 11.5 Å². The van der Waals surface area contributed by atoms with Crippen LogP contribution < -0.4 is 9.88 Å². The summed E-state index contributed by atoms with van der Waals surface area (Å²) in [6.45, 7) is 6.46. The number of hydrogen-bond acceptors (Lipinski definition) is 7. The highest BCUT2D eigenvalue weighted by Gasteiger charge is 2.37. The number of benzene rings is 1. The number of fused-ring (bicyclic) bond motifs is 1. The van der Waals surface area contributed by atoms with E-state index in [1.165, 1.54) is 24.3 Å². The second-order valence-corrected chi connectivity index (χ2v) is 11.3. The SMILES string of the molecule is CC1(C)Cc2c(C#N)c(N3CCN(C(=O)c4ccc([N+](=O)[O-])cc4)CC3)[nH+]c(-c3ccco3)c2CS1. The van der Waals surface area contributed by atoms with E-state index in [9.17, 15) is 20.2 Å². The summed E-state index contributed by atoms with van der Waals surface area (Å²) in [5, 5.41) is 21.1. The third-order valence-electron chi connectivity index (χ3n) is 6.75. The van der Waals surface area contributed by atoms with Gasteiger partial charge in [-0.3, -0.25) is 19.8 Å². The summed E-state index contributed by atoms with van der Waals surface area (Å²) < 4.78 is 5.76. The van der Waals surface area contributed by atoms with Crippen molar-refractivity contribution in [3.8, 4) is 17.5 Å². The number of aromatic amines is 1. The van der Waals surface area contributed by atoms with Gasteiger partial charge in [0, 0.05) is 33.8 Å². The lowest BCUT2D eigenvalue weighted by molar-refractivity contribution is -0.384. The van der Waals surface area contributed by atoms with Crippen molar-refractivity contribution >= 4 is 29.2 Å². The number of thioether (sulfide) groups is 1. The highest BCUT2D eigenvalue weighted by molar-refractivity contribution is 7.99. The van der Waals surface area contributed by atoms with Crippen LogP contribution in [0.3, 0.4) is 0 Å². The summed E-state index contributed by atoms with van der Waals surface area (Å²) in [5.74, 6) is 2.13. The van der Waals surface area contributed by atoms with Gasteiger partial charge in [-0.1, -0.05) is 13.8 Å². The van der Waals surface area contributed by atoms with Gasteiger partial charge in [-0.2, -0.15) is 17.0 Å². The summed E-state index contributed by atoms with van der Waals surface area (Å²) in [5.41, 5.74) is 4.11. The van der Waals surface area contributed by atoms with Crippen molar-refractivity contribution in [1.29, 1.82) is 5.26 Å². The number of nitrogens with one attached hydrogen (secondary N) is 1. The van der Waals surface area contributed by atoms with E-state index in [4.69, 9.17) is 4.42 Å². The molecule has 0 spiro atoms. The number of H-pyrrole nitrogens is 1. The molecule has 3 aromatic rings.